The highest BCUT2D eigenvalue weighted by Crippen LogP contribution is 2.97. The number of carboxylic acid groups (broad SMARTS) is 2. The van der Waals surface area contributed by atoms with Crippen LogP contribution in [0.5, 0.6) is 0 Å². The molecule has 4 nitrogen and oxygen atoms in total. The van der Waals surface area contributed by atoms with E-state index in [1.807, 2.05) is 0 Å². The zero-order valence-electron chi connectivity index (χ0n) is 13.7. The van der Waals surface area contributed by atoms with Crippen LogP contribution in [0, 0.1) is 70.0 Å². The number of aliphatic carboxylic acids is 2. The number of hydrogen-bond donors (Lipinski definition) is 2. The Morgan fingerprint density at radius 1 is 0.625 bits per heavy atom. The Morgan fingerprint density at radius 2 is 0.917 bits per heavy atom. The predicted molar refractivity (Wildman–Crippen MR) is 82.7 cm³/mol. The Hall–Kier alpha value is -1.06. The Balaban J connectivity index is 1.56. The Bertz CT molecular complexity index is 616. The third-order valence-corrected chi connectivity index (χ3v) is 10.7. The molecule has 4 unspecified atom stereocenters. The second-order valence-corrected chi connectivity index (χ2v) is 10.1. The molecule has 12 atom stereocenters. The van der Waals surface area contributed by atoms with Crippen molar-refractivity contribution in [1.82, 2.24) is 0 Å². The van der Waals surface area contributed by atoms with Crippen molar-refractivity contribution < 1.29 is 19.8 Å². The summed E-state index contributed by atoms with van der Waals surface area (Å²) in [5, 5.41) is 21.0. The Morgan fingerprint density at radius 3 is 1.17 bits per heavy atom. The molecule has 24 heavy (non-hydrogen) atoms. The van der Waals surface area contributed by atoms with E-state index >= 15 is 0 Å². The van der Waals surface area contributed by atoms with E-state index in [4.69, 9.17) is 0 Å². The second kappa shape index (κ2) is 3.43. The van der Waals surface area contributed by atoms with Crippen LogP contribution in [0.1, 0.15) is 38.5 Å². The minimum atomic E-state index is -0.902. The molecule has 2 N–H and O–H groups in total. The minimum Gasteiger partial charge on any atom is -0.481 e. The molecular weight excluding hydrogens is 304 g/mol. The van der Waals surface area contributed by atoms with E-state index < -0.39 is 22.8 Å². The van der Waals surface area contributed by atoms with Gasteiger partial charge in [-0.2, -0.15) is 0 Å². The lowest BCUT2D eigenvalue weighted by molar-refractivity contribution is -0.204. The van der Waals surface area contributed by atoms with Gasteiger partial charge in [-0.1, -0.05) is 12.8 Å². The maximum absolute atomic E-state index is 12.8. The van der Waals surface area contributed by atoms with E-state index in [2.05, 4.69) is 0 Å². The number of fused-ring (bicyclic) bond motifs is 2. The molecule has 4 heteroatoms. The summed E-state index contributed by atoms with van der Waals surface area (Å²) in [6.45, 7) is 0. The fourth-order valence-corrected chi connectivity index (χ4v) is 11.4. The largest absolute Gasteiger partial charge is 0.481 e. The number of hydrogen-bond acceptors (Lipinski definition) is 2. The molecular formula is C20H24O4. The van der Waals surface area contributed by atoms with E-state index in [1.165, 1.54) is 12.8 Å². The molecule has 8 aliphatic rings. The topological polar surface area (TPSA) is 74.6 Å². The summed E-state index contributed by atoms with van der Waals surface area (Å²) < 4.78 is 0. The van der Waals surface area contributed by atoms with Gasteiger partial charge in [0.1, 0.15) is 0 Å². The highest BCUT2D eigenvalue weighted by molar-refractivity contribution is 5.93. The predicted octanol–water partition coefficient (Wildman–Crippen LogP) is 2.73. The highest BCUT2D eigenvalue weighted by atomic mass is 16.4. The van der Waals surface area contributed by atoms with Gasteiger partial charge in [0.25, 0.3) is 0 Å². The molecule has 8 fully saturated rings. The minimum absolute atomic E-state index is 0.191. The van der Waals surface area contributed by atoms with Crippen LogP contribution in [0.3, 0.4) is 0 Å². The Kier molecular flexibility index (Phi) is 1.89. The lowest BCUT2D eigenvalue weighted by atomic mass is 9.44. The first-order valence-corrected chi connectivity index (χ1v) is 10.1. The standard InChI is InChI=1S/C20H24O4/c21-17(22)19-13-7-3-1-4-8(7)14-11(13)12-15(19)9-5-2-6-10(9)16(12)20(14,19)18(23)24/h7-16H,1-6H2,(H,21,22)(H,23,24)/t7-,8-,9-,10+,11?,12?,13-,14-,15+,16+,19?,20?/m1/s1. The number of carboxylic acids is 2. The maximum atomic E-state index is 12.8. The quantitative estimate of drug-likeness (QED) is 0.817. The van der Waals surface area contributed by atoms with Crippen molar-refractivity contribution in [2.24, 2.45) is 70.0 Å². The third kappa shape index (κ3) is 0.834. The normalized spacial score (nSPS) is 68.8. The molecule has 0 radical (unpaired) electrons. The second-order valence-electron chi connectivity index (χ2n) is 10.1. The van der Waals surface area contributed by atoms with Crippen LogP contribution in [-0.4, -0.2) is 22.2 Å². The molecule has 0 aliphatic heterocycles. The molecule has 0 aromatic carbocycles. The number of rotatable bonds is 2. The summed E-state index contributed by atoms with van der Waals surface area (Å²) in [6, 6.07) is 0. The molecule has 0 amide bonds. The van der Waals surface area contributed by atoms with Crippen molar-refractivity contribution in [1.29, 1.82) is 0 Å². The zero-order valence-corrected chi connectivity index (χ0v) is 13.7. The summed E-state index contributed by atoms with van der Waals surface area (Å²) in [5.74, 6) is 2.28. The van der Waals surface area contributed by atoms with Gasteiger partial charge < -0.3 is 10.2 Å². The van der Waals surface area contributed by atoms with E-state index in [0.717, 1.165) is 25.7 Å². The molecule has 0 aromatic heterocycles. The smallest absolute Gasteiger partial charge is 0.311 e. The summed E-state index contributed by atoms with van der Waals surface area (Å²) >= 11 is 0. The lowest BCUT2D eigenvalue weighted by Gasteiger charge is -2.56. The molecule has 0 heterocycles. The van der Waals surface area contributed by atoms with E-state index in [-0.39, 0.29) is 23.7 Å². The van der Waals surface area contributed by atoms with Gasteiger partial charge in [0.2, 0.25) is 0 Å². The van der Waals surface area contributed by atoms with Gasteiger partial charge in [-0.25, -0.2) is 0 Å². The van der Waals surface area contributed by atoms with Crippen LogP contribution < -0.4 is 0 Å². The van der Waals surface area contributed by atoms with Crippen molar-refractivity contribution in [2.45, 2.75) is 38.5 Å². The summed E-state index contributed by atoms with van der Waals surface area (Å²) in [5.41, 5.74) is -1.80. The average Bonchev–Trinajstić information content (AvgIpc) is 3.30. The summed E-state index contributed by atoms with van der Waals surface area (Å²) in [6.07, 6.45) is 7.01. The monoisotopic (exact) mass is 328 g/mol. The average molecular weight is 328 g/mol. The van der Waals surface area contributed by atoms with Crippen molar-refractivity contribution in [3.63, 3.8) is 0 Å². The van der Waals surface area contributed by atoms with Crippen LogP contribution in [0.2, 0.25) is 0 Å². The van der Waals surface area contributed by atoms with Crippen molar-refractivity contribution in [3.8, 4) is 0 Å². The first-order chi connectivity index (χ1) is 11.6. The van der Waals surface area contributed by atoms with Gasteiger partial charge in [-0.05, 0) is 84.9 Å². The third-order valence-electron chi connectivity index (χ3n) is 10.7. The van der Waals surface area contributed by atoms with Crippen LogP contribution in [0.4, 0.5) is 0 Å². The molecule has 128 valence electrons. The summed E-state index contributed by atoms with van der Waals surface area (Å²) in [7, 11) is 0. The number of carbonyl (C=O) groups is 2. The van der Waals surface area contributed by atoms with Crippen LogP contribution in [0.15, 0.2) is 0 Å². The lowest BCUT2D eigenvalue weighted by Crippen LogP contribution is -2.64. The first kappa shape index (κ1) is 13.2. The molecule has 0 spiro atoms. The van der Waals surface area contributed by atoms with Gasteiger partial charge in [-0.3, -0.25) is 9.59 Å². The van der Waals surface area contributed by atoms with E-state index in [9.17, 15) is 19.8 Å². The van der Waals surface area contributed by atoms with Crippen molar-refractivity contribution in [3.05, 3.63) is 0 Å². The Labute approximate surface area is 141 Å². The highest BCUT2D eigenvalue weighted by Gasteiger charge is 3.00. The van der Waals surface area contributed by atoms with Gasteiger partial charge in [0.05, 0.1) is 10.8 Å². The first-order valence-electron chi connectivity index (χ1n) is 10.1. The molecule has 0 saturated heterocycles. The molecule has 8 aliphatic carbocycles. The zero-order chi connectivity index (χ0) is 16.2. The maximum Gasteiger partial charge on any atom is 0.311 e. The fourth-order valence-electron chi connectivity index (χ4n) is 11.4. The van der Waals surface area contributed by atoms with Gasteiger partial charge in [0, 0.05) is 0 Å². The van der Waals surface area contributed by atoms with Crippen LogP contribution in [0.25, 0.3) is 0 Å². The summed E-state index contributed by atoms with van der Waals surface area (Å²) in [4.78, 5) is 25.6. The van der Waals surface area contributed by atoms with Gasteiger partial charge in [-0.15, -0.1) is 0 Å². The van der Waals surface area contributed by atoms with E-state index in [0.29, 0.717) is 35.5 Å². The van der Waals surface area contributed by atoms with Crippen LogP contribution >= 0.6 is 0 Å². The van der Waals surface area contributed by atoms with E-state index in [1.54, 1.807) is 0 Å². The fraction of sp³-hybridized carbons (Fsp3) is 0.900. The molecule has 8 rings (SSSR count). The van der Waals surface area contributed by atoms with Gasteiger partial charge in [0.15, 0.2) is 0 Å². The van der Waals surface area contributed by atoms with Crippen molar-refractivity contribution in [2.75, 3.05) is 0 Å². The van der Waals surface area contributed by atoms with Gasteiger partial charge >= 0.3 is 11.9 Å². The SMILES string of the molecule is O=C(O)C12[C@@H]3C4C5[C@H]1[C@@H]1CCC[C@H]1[C@H]5C2(C(=O)O)[C@H]4[C@H]1CCC[C@H]13. The molecule has 8 saturated carbocycles. The van der Waals surface area contributed by atoms with Crippen LogP contribution in [-0.2, 0) is 9.59 Å². The van der Waals surface area contributed by atoms with Crippen molar-refractivity contribution >= 4 is 11.9 Å². The molecule has 0 aromatic rings. The molecule has 8 bridgehead atoms.